The molecule has 2 heterocycles. The maximum absolute atomic E-state index is 12.2. The summed E-state index contributed by atoms with van der Waals surface area (Å²) in [5.74, 6) is -0.541. The average molecular weight is 284 g/mol. The van der Waals surface area contributed by atoms with Crippen molar-refractivity contribution in [1.82, 2.24) is 10.2 Å². The van der Waals surface area contributed by atoms with Gasteiger partial charge in [0.1, 0.15) is 6.04 Å². The number of β-amino-alcohol motifs (C(OH)–C–C–N with tert-alkyl or cyclic N) is 1. The molecule has 2 aliphatic heterocycles. The van der Waals surface area contributed by atoms with E-state index in [0.29, 0.717) is 12.5 Å². The molecule has 4 atom stereocenters. The van der Waals surface area contributed by atoms with Gasteiger partial charge in [0.2, 0.25) is 0 Å². The molecule has 7 nitrogen and oxygen atoms in total. The first-order valence-corrected chi connectivity index (χ1v) is 7.16. The maximum atomic E-state index is 12.2. The molecule has 0 aromatic heterocycles. The van der Waals surface area contributed by atoms with Crippen LogP contribution >= 0.6 is 0 Å². The summed E-state index contributed by atoms with van der Waals surface area (Å²) in [7, 11) is 0. The molecule has 0 aromatic carbocycles. The second kappa shape index (κ2) is 5.21. The topological polar surface area (TPSA) is 99.1 Å². The van der Waals surface area contributed by atoms with Gasteiger partial charge in [-0.2, -0.15) is 0 Å². The largest absolute Gasteiger partial charge is 0.480 e. The van der Waals surface area contributed by atoms with E-state index in [1.807, 2.05) is 0 Å². The van der Waals surface area contributed by atoms with Crippen LogP contribution < -0.4 is 5.32 Å². The SMILES string of the molecule is O=C(O)[C@@H]1CC(O)CN1C(=O)NC1CCOC1C1CC1. The highest BCUT2D eigenvalue weighted by Gasteiger charge is 2.44. The van der Waals surface area contributed by atoms with E-state index in [0.717, 1.165) is 19.3 Å². The van der Waals surface area contributed by atoms with Gasteiger partial charge in [0.15, 0.2) is 0 Å². The molecule has 3 unspecified atom stereocenters. The van der Waals surface area contributed by atoms with Gasteiger partial charge in [-0.15, -0.1) is 0 Å². The van der Waals surface area contributed by atoms with Gasteiger partial charge in [-0.05, 0) is 25.2 Å². The third kappa shape index (κ3) is 2.60. The van der Waals surface area contributed by atoms with Gasteiger partial charge in [0.05, 0.1) is 18.2 Å². The summed E-state index contributed by atoms with van der Waals surface area (Å²) in [5.41, 5.74) is 0. The lowest BCUT2D eigenvalue weighted by Crippen LogP contribution is -2.51. The molecule has 3 fully saturated rings. The number of urea groups is 1. The number of aliphatic hydroxyl groups is 1. The first kappa shape index (κ1) is 13.6. The second-order valence-corrected chi connectivity index (χ2v) is 5.91. The van der Waals surface area contributed by atoms with Gasteiger partial charge in [0.25, 0.3) is 0 Å². The van der Waals surface area contributed by atoms with Crippen molar-refractivity contribution in [2.24, 2.45) is 5.92 Å². The molecule has 0 spiro atoms. The van der Waals surface area contributed by atoms with Crippen molar-refractivity contribution in [3.05, 3.63) is 0 Å². The number of hydrogen-bond donors (Lipinski definition) is 3. The van der Waals surface area contributed by atoms with Crippen molar-refractivity contribution in [2.75, 3.05) is 13.2 Å². The summed E-state index contributed by atoms with van der Waals surface area (Å²) >= 11 is 0. The van der Waals surface area contributed by atoms with Crippen LogP contribution in [0.4, 0.5) is 4.79 Å². The summed E-state index contributed by atoms with van der Waals surface area (Å²) in [5, 5.41) is 21.6. The number of ether oxygens (including phenoxy) is 1. The monoisotopic (exact) mass is 284 g/mol. The molecule has 0 radical (unpaired) electrons. The standard InChI is InChI=1S/C13H20N2O5/c16-8-5-10(12(17)18)15(6-8)13(19)14-9-3-4-20-11(9)7-1-2-7/h7-11,16H,1-6H2,(H,14,19)(H,17,18)/t8?,9?,10-,11?/m0/s1. The van der Waals surface area contributed by atoms with E-state index in [4.69, 9.17) is 9.84 Å². The number of nitrogens with zero attached hydrogens (tertiary/aromatic N) is 1. The van der Waals surface area contributed by atoms with E-state index in [2.05, 4.69) is 5.32 Å². The minimum Gasteiger partial charge on any atom is -0.480 e. The lowest BCUT2D eigenvalue weighted by atomic mass is 10.1. The highest BCUT2D eigenvalue weighted by molar-refractivity contribution is 5.83. The number of hydrogen-bond acceptors (Lipinski definition) is 4. The molecule has 3 rings (SSSR count). The van der Waals surface area contributed by atoms with E-state index in [-0.39, 0.29) is 25.1 Å². The Hall–Kier alpha value is -1.34. The summed E-state index contributed by atoms with van der Waals surface area (Å²) < 4.78 is 5.65. The lowest BCUT2D eigenvalue weighted by molar-refractivity contribution is -0.141. The van der Waals surface area contributed by atoms with Crippen LogP contribution in [0, 0.1) is 5.92 Å². The predicted octanol–water partition coefficient (Wildman–Crippen LogP) is -0.217. The fourth-order valence-electron chi connectivity index (χ4n) is 3.17. The van der Waals surface area contributed by atoms with Crippen molar-refractivity contribution in [2.45, 2.75) is 50.0 Å². The van der Waals surface area contributed by atoms with Crippen molar-refractivity contribution >= 4 is 12.0 Å². The van der Waals surface area contributed by atoms with Crippen LogP contribution in [0.2, 0.25) is 0 Å². The molecule has 7 heteroatoms. The molecule has 1 saturated carbocycles. The molecule has 2 amide bonds. The number of rotatable bonds is 3. The van der Waals surface area contributed by atoms with Crippen LogP contribution in [-0.4, -0.2) is 64.6 Å². The summed E-state index contributed by atoms with van der Waals surface area (Å²) in [6.45, 7) is 0.710. The minimum absolute atomic E-state index is 0.0396. The Morgan fingerprint density at radius 1 is 1.25 bits per heavy atom. The highest BCUT2D eigenvalue weighted by Crippen LogP contribution is 2.38. The second-order valence-electron chi connectivity index (χ2n) is 5.91. The Bertz CT molecular complexity index is 412. The predicted molar refractivity (Wildman–Crippen MR) is 68.2 cm³/mol. The zero-order valence-corrected chi connectivity index (χ0v) is 11.2. The van der Waals surface area contributed by atoms with Crippen LogP contribution in [0.3, 0.4) is 0 Å². The van der Waals surface area contributed by atoms with Gasteiger partial charge >= 0.3 is 12.0 Å². The number of carbonyl (C=O) groups excluding carboxylic acids is 1. The third-order valence-electron chi connectivity index (χ3n) is 4.36. The van der Waals surface area contributed by atoms with Gasteiger partial charge < -0.3 is 25.2 Å². The molecule has 1 aliphatic carbocycles. The number of likely N-dealkylation sites (tertiary alicyclic amines) is 1. The zero-order valence-electron chi connectivity index (χ0n) is 11.2. The molecular formula is C13H20N2O5. The molecule has 0 aromatic rings. The van der Waals surface area contributed by atoms with E-state index < -0.39 is 24.1 Å². The zero-order chi connectivity index (χ0) is 14.3. The molecular weight excluding hydrogens is 264 g/mol. The van der Waals surface area contributed by atoms with Crippen LogP contribution in [0.15, 0.2) is 0 Å². The van der Waals surface area contributed by atoms with E-state index in [1.54, 1.807) is 0 Å². The quantitative estimate of drug-likeness (QED) is 0.665. The molecule has 112 valence electrons. The van der Waals surface area contributed by atoms with Crippen LogP contribution in [0.1, 0.15) is 25.7 Å². The molecule has 20 heavy (non-hydrogen) atoms. The maximum Gasteiger partial charge on any atom is 0.326 e. The Morgan fingerprint density at radius 3 is 2.65 bits per heavy atom. The van der Waals surface area contributed by atoms with Crippen LogP contribution in [0.5, 0.6) is 0 Å². The molecule has 3 N–H and O–H groups in total. The minimum atomic E-state index is -1.07. The van der Waals surface area contributed by atoms with Crippen molar-refractivity contribution < 1.29 is 24.5 Å². The first-order chi connectivity index (χ1) is 9.56. The number of carboxylic acids is 1. The Morgan fingerprint density at radius 2 is 2.00 bits per heavy atom. The van der Waals surface area contributed by atoms with Crippen molar-refractivity contribution in [3.8, 4) is 0 Å². The number of nitrogens with one attached hydrogen (secondary N) is 1. The normalized spacial score (nSPS) is 37.1. The molecule has 0 bridgehead atoms. The van der Waals surface area contributed by atoms with Gasteiger partial charge in [-0.1, -0.05) is 0 Å². The number of carbonyl (C=O) groups is 2. The number of aliphatic hydroxyl groups excluding tert-OH is 1. The average Bonchev–Trinajstić information content (AvgIpc) is 3.00. The number of aliphatic carboxylic acids is 1. The lowest BCUT2D eigenvalue weighted by Gasteiger charge is -2.26. The van der Waals surface area contributed by atoms with E-state index in [1.165, 1.54) is 4.90 Å². The Kier molecular flexibility index (Phi) is 3.55. The third-order valence-corrected chi connectivity index (χ3v) is 4.36. The first-order valence-electron chi connectivity index (χ1n) is 7.16. The van der Waals surface area contributed by atoms with Crippen LogP contribution in [0.25, 0.3) is 0 Å². The molecule has 2 saturated heterocycles. The fourth-order valence-corrected chi connectivity index (χ4v) is 3.17. The van der Waals surface area contributed by atoms with Crippen molar-refractivity contribution in [3.63, 3.8) is 0 Å². The van der Waals surface area contributed by atoms with Crippen LogP contribution in [-0.2, 0) is 9.53 Å². The summed E-state index contributed by atoms with van der Waals surface area (Å²) in [6, 6.07) is -1.39. The Labute approximate surface area is 116 Å². The highest BCUT2D eigenvalue weighted by atomic mass is 16.5. The van der Waals surface area contributed by atoms with Gasteiger partial charge in [-0.3, -0.25) is 0 Å². The van der Waals surface area contributed by atoms with Gasteiger partial charge in [-0.25, -0.2) is 9.59 Å². The summed E-state index contributed by atoms with van der Waals surface area (Å²) in [4.78, 5) is 24.6. The fraction of sp³-hybridized carbons (Fsp3) is 0.846. The Balaban J connectivity index is 1.61. The van der Waals surface area contributed by atoms with E-state index in [9.17, 15) is 14.7 Å². The van der Waals surface area contributed by atoms with E-state index >= 15 is 0 Å². The molecule has 3 aliphatic rings. The smallest absolute Gasteiger partial charge is 0.326 e. The summed E-state index contributed by atoms with van der Waals surface area (Å²) in [6.07, 6.45) is 2.43. The van der Waals surface area contributed by atoms with Crippen molar-refractivity contribution in [1.29, 1.82) is 0 Å². The van der Waals surface area contributed by atoms with Gasteiger partial charge in [0, 0.05) is 19.6 Å². The number of amides is 2. The number of carboxylic acid groups (broad SMARTS) is 1.